The Labute approximate surface area is 102 Å². The number of carbonyl (C=O) groups is 1. The van der Waals surface area contributed by atoms with Gasteiger partial charge in [0.15, 0.2) is 0 Å². The average Bonchev–Trinajstić information content (AvgIpc) is 2.38. The Hall–Kier alpha value is -0.810. The topological polar surface area (TPSA) is 61.8 Å². The molecule has 0 saturated carbocycles. The molecule has 2 fully saturated rings. The zero-order chi connectivity index (χ0) is 12.1. The molecule has 2 N–H and O–H groups in total. The fourth-order valence-corrected chi connectivity index (χ4v) is 2.53. The summed E-state index contributed by atoms with van der Waals surface area (Å²) in [4.78, 5) is 12.2. The molecule has 0 radical (unpaired) electrons. The number of nitrogens with zero attached hydrogens (tertiary/aromatic N) is 1. The van der Waals surface area contributed by atoms with Crippen LogP contribution in [0.25, 0.3) is 0 Å². The first-order valence-corrected chi connectivity index (χ1v) is 6.56. The zero-order valence-corrected chi connectivity index (χ0v) is 10.2. The van der Waals surface area contributed by atoms with E-state index >= 15 is 0 Å². The molecule has 2 aliphatic heterocycles. The van der Waals surface area contributed by atoms with E-state index in [0.29, 0.717) is 19.0 Å². The molecule has 0 aromatic carbocycles. The first-order valence-electron chi connectivity index (χ1n) is 6.56. The van der Waals surface area contributed by atoms with E-state index in [-0.39, 0.29) is 6.10 Å². The van der Waals surface area contributed by atoms with Gasteiger partial charge in [0.25, 0.3) is 0 Å². The van der Waals surface area contributed by atoms with Crippen molar-refractivity contribution in [3.8, 4) is 0 Å². The van der Waals surface area contributed by atoms with Gasteiger partial charge in [0.2, 0.25) is 0 Å². The van der Waals surface area contributed by atoms with Crippen LogP contribution in [-0.2, 0) is 4.74 Å². The number of nitrogens with one attached hydrogen (secondary N) is 1. The minimum atomic E-state index is -0.804. The van der Waals surface area contributed by atoms with Gasteiger partial charge in [0.1, 0.15) is 0 Å². The highest BCUT2D eigenvalue weighted by atomic mass is 16.5. The molecule has 98 valence electrons. The lowest BCUT2D eigenvalue weighted by atomic mass is 9.99. The third-order valence-corrected chi connectivity index (χ3v) is 3.74. The number of hydrogen-bond donors (Lipinski definition) is 2. The summed E-state index contributed by atoms with van der Waals surface area (Å²) in [6.07, 6.45) is 3.55. The van der Waals surface area contributed by atoms with Crippen LogP contribution in [0.1, 0.15) is 25.7 Å². The normalized spacial score (nSPS) is 23.9. The highest BCUT2D eigenvalue weighted by molar-refractivity contribution is 5.64. The molecule has 0 bridgehead atoms. The molecule has 2 aliphatic rings. The van der Waals surface area contributed by atoms with E-state index in [1.807, 2.05) is 0 Å². The van der Waals surface area contributed by atoms with Crippen LogP contribution in [0.5, 0.6) is 0 Å². The number of rotatable bonds is 3. The standard InChI is InChI=1S/C12H22N2O3/c15-12(16)14-7-3-11(4-8-14)17-9-10-1-5-13-6-2-10/h10-11,13H,1-9H2,(H,15,16). The SMILES string of the molecule is O=C(O)N1CCC(OCC2CCNCC2)CC1. The second kappa shape index (κ2) is 6.21. The summed E-state index contributed by atoms with van der Waals surface area (Å²) in [5.74, 6) is 0.689. The molecule has 2 heterocycles. The smallest absolute Gasteiger partial charge is 0.407 e. The van der Waals surface area contributed by atoms with Gasteiger partial charge in [-0.2, -0.15) is 0 Å². The van der Waals surface area contributed by atoms with Gasteiger partial charge >= 0.3 is 6.09 Å². The highest BCUT2D eigenvalue weighted by Crippen LogP contribution is 2.18. The number of amides is 1. The van der Waals surface area contributed by atoms with Crippen LogP contribution >= 0.6 is 0 Å². The summed E-state index contributed by atoms with van der Waals surface area (Å²) in [6, 6.07) is 0. The number of hydrogen-bond acceptors (Lipinski definition) is 3. The predicted molar refractivity (Wildman–Crippen MR) is 64.2 cm³/mol. The Morgan fingerprint density at radius 1 is 1.24 bits per heavy atom. The molecule has 5 heteroatoms. The van der Waals surface area contributed by atoms with Gasteiger partial charge in [-0.3, -0.25) is 0 Å². The Morgan fingerprint density at radius 3 is 2.47 bits per heavy atom. The molecule has 2 rings (SSSR count). The number of likely N-dealkylation sites (tertiary alicyclic amines) is 1. The summed E-state index contributed by atoms with van der Waals surface area (Å²) in [5, 5.41) is 12.2. The van der Waals surface area contributed by atoms with Crippen molar-refractivity contribution in [1.29, 1.82) is 0 Å². The minimum Gasteiger partial charge on any atom is -0.465 e. The average molecular weight is 242 g/mol. The number of piperidine rings is 2. The lowest BCUT2D eigenvalue weighted by Gasteiger charge is -2.31. The Kier molecular flexibility index (Phi) is 4.62. The van der Waals surface area contributed by atoms with Crippen molar-refractivity contribution < 1.29 is 14.6 Å². The van der Waals surface area contributed by atoms with Crippen LogP contribution in [-0.4, -0.2) is 55.0 Å². The van der Waals surface area contributed by atoms with Gasteiger partial charge < -0.3 is 20.1 Å². The molecular formula is C12H22N2O3. The molecule has 2 saturated heterocycles. The first kappa shape index (κ1) is 12.6. The fourth-order valence-electron chi connectivity index (χ4n) is 2.53. The van der Waals surface area contributed by atoms with Gasteiger partial charge in [-0.1, -0.05) is 0 Å². The molecule has 0 aliphatic carbocycles. The summed E-state index contributed by atoms with van der Waals surface area (Å²) in [7, 11) is 0. The second-order valence-electron chi connectivity index (χ2n) is 5.00. The molecule has 0 aromatic rings. The van der Waals surface area contributed by atoms with Gasteiger partial charge in [0, 0.05) is 19.7 Å². The van der Waals surface area contributed by atoms with Crippen LogP contribution in [0.15, 0.2) is 0 Å². The van der Waals surface area contributed by atoms with Gasteiger partial charge in [-0.15, -0.1) is 0 Å². The van der Waals surface area contributed by atoms with Crippen LogP contribution < -0.4 is 5.32 Å². The number of ether oxygens (including phenoxy) is 1. The van der Waals surface area contributed by atoms with E-state index in [4.69, 9.17) is 9.84 Å². The molecule has 0 aromatic heterocycles. The molecule has 17 heavy (non-hydrogen) atoms. The molecule has 0 unspecified atom stereocenters. The van der Waals surface area contributed by atoms with E-state index in [1.165, 1.54) is 17.7 Å². The van der Waals surface area contributed by atoms with Crippen molar-refractivity contribution in [2.24, 2.45) is 5.92 Å². The highest BCUT2D eigenvalue weighted by Gasteiger charge is 2.23. The summed E-state index contributed by atoms with van der Waals surface area (Å²) < 4.78 is 5.90. The third-order valence-electron chi connectivity index (χ3n) is 3.74. The Balaban J connectivity index is 1.62. The van der Waals surface area contributed by atoms with Crippen LogP contribution in [0, 0.1) is 5.92 Å². The monoisotopic (exact) mass is 242 g/mol. The van der Waals surface area contributed by atoms with E-state index in [2.05, 4.69) is 5.32 Å². The van der Waals surface area contributed by atoms with Crippen molar-refractivity contribution in [2.45, 2.75) is 31.8 Å². The predicted octanol–water partition coefficient (Wildman–Crippen LogP) is 1.14. The van der Waals surface area contributed by atoms with E-state index in [0.717, 1.165) is 32.5 Å². The van der Waals surface area contributed by atoms with Gasteiger partial charge in [0.05, 0.1) is 6.10 Å². The van der Waals surface area contributed by atoms with E-state index in [1.54, 1.807) is 0 Å². The molecular weight excluding hydrogens is 220 g/mol. The van der Waals surface area contributed by atoms with Crippen molar-refractivity contribution in [3.63, 3.8) is 0 Å². The first-order chi connectivity index (χ1) is 8.25. The summed E-state index contributed by atoms with van der Waals surface area (Å²) in [6.45, 7) is 4.29. The minimum absolute atomic E-state index is 0.264. The van der Waals surface area contributed by atoms with Crippen molar-refractivity contribution in [3.05, 3.63) is 0 Å². The van der Waals surface area contributed by atoms with Crippen molar-refractivity contribution in [2.75, 3.05) is 32.8 Å². The largest absolute Gasteiger partial charge is 0.465 e. The summed E-state index contributed by atoms with van der Waals surface area (Å²) >= 11 is 0. The van der Waals surface area contributed by atoms with Gasteiger partial charge in [-0.05, 0) is 44.7 Å². The van der Waals surface area contributed by atoms with Crippen LogP contribution in [0.3, 0.4) is 0 Å². The lowest BCUT2D eigenvalue weighted by molar-refractivity contribution is -0.0107. The Morgan fingerprint density at radius 2 is 1.88 bits per heavy atom. The third kappa shape index (κ3) is 3.85. The molecule has 0 spiro atoms. The maximum absolute atomic E-state index is 10.7. The quantitative estimate of drug-likeness (QED) is 0.779. The van der Waals surface area contributed by atoms with Crippen LogP contribution in [0.2, 0.25) is 0 Å². The maximum Gasteiger partial charge on any atom is 0.407 e. The fraction of sp³-hybridized carbons (Fsp3) is 0.917. The van der Waals surface area contributed by atoms with Crippen LogP contribution in [0.4, 0.5) is 4.79 Å². The zero-order valence-electron chi connectivity index (χ0n) is 10.2. The van der Waals surface area contributed by atoms with E-state index < -0.39 is 6.09 Å². The van der Waals surface area contributed by atoms with Gasteiger partial charge in [-0.25, -0.2) is 4.79 Å². The van der Waals surface area contributed by atoms with E-state index in [9.17, 15) is 4.79 Å². The molecule has 0 atom stereocenters. The number of carboxylic acid groups (broad SMARTS) is 1. The van der Waals surface area contributed by atoms with Crippen molar-refractivity contribution >= 4 is 6.09 Å². The maximum atomic E-state index is 10.7. The Bertz CT molecular complexity index is 246. The van der Waals surface area contributed by atoms with Crippen molar-refractivity contribution in [1.82, 2.24) is 10.2 Å². The second-order valence-corrected chi connectivity index (χ2v) is 5.00. The molecule has 1 amide bonds. The molecule has 5 nitrogen and oxygen atoms in total. The lowest BCUT2D eigenvalue weighted by Crippen LogP contribution is -2.40. The summed E-state index contributed by atoms with van der Waals surface area (Å²) in [5.41, 5.74) is 0.